The van der Waals surface area contributed by atoms with Crippen molar-refractivity contribution in [2.24, 2.45) is 0 Å². The third kappa shape index (κ3) is 1.99. The lowest BCUT2D eigenvalue weighted by Gasteiger charge is -2.00. The van der Waals surface area contributed by atoms with Crippen LogP contribution in [0, 0.1) is 6.92 Å². The Morgan fingerprint density at radius 2 is 1.93 bits per heavy atom. The molecule has 0 aliphatic carbocycles. The molecule has 0 amide bonds. The molecule has 0 N–H and O–H groups in total. The Labute approximate surface area is 88.3 Å². The van der Waals surface area contributed by atoms with Gasteiger partial charge in [-0.05, 0) is 30.7 Å². The number of benzene rings is 1. The predicted octanol–water partition coefficient (Wildman–Crippen LogP) is 3.83. The molecule has 1 aromatic carbocycles. The van der Waals surface area contributed by atoms with E-state index in [4.69, 9.17) is 16.0 Å². The van der Waals surface area contributed by atoms with Crippen LogP contribution in [0.3, 0.4) is 0 Å². The summed E-state index contributed by atoms with van der Waals surface area (Å²) in [6.45, 7) is 1.94. The second-order valence-electron chi connectivity index (χ2n) is 3.28. The van der Waals surface area contributed by atoms with Crippen LogP contribution in [-0.2, 0) is 6.42 Å². The van der Waals surface area contributed by atoms with E-state index in [9.17, 15) is 0 Å². The minimum atomic E-state index is 0.757. The Kier molecular flexibility index (Phi) is 2.60. The minimum absolute atomic E-state index is 0.757. The lowest BCUT2D eigenvalue weighted by atomic mass is 10.1. The highest BCUT2D eigenvalue weighted by atomic mass is 35.5. The van der Waals surface area contributed by atoms with Crippen molar-refractivity contribution in [2.45, 2.75) is 13.3 Å². The van der Waals surface area contributed by atoms with Gasteiger partial charge in [0.15, 0.2) is 0 Å². The van der Waals surface area contributed by atoms with E-state index < -0.39 is 0 Å². The van der Waals surface area contributed by atoms with Gasteiger partial charge in [0.05, 0.1) is 0 Å². The van der Waals surface area contributed by atoms with Crippen LogP contribution in [0.25, 0.3) is 0 Å². The summed E-state index contributed by atoms with van der Waals surface area (Å²) >= 11 is 6.04. The zero-order valence-corrected chi connectivity index (χ0v) is 8.71. The molecule has 0 saturated carbocycles. The largest absolute Gasteiger partial charge is 0.466 e. The molecule has 14 heavy (non-hydrogen) atoms. The maximum Gasteiger partial charge on any atom is 0.108 e. The van der Waals surface area contributed by atoms with Gasteiger partial charge in [-0.15, -0.1) is 0 Å². The molecule has 1 heterocycles. The normalized spacial score (nSPS) is 10.4. The Bertz CT molecular complexity index is 431. The number of hydrogen-bond acceptors (Lipinski definition) is 1. The molecular formula is C12H11ClO. The summed E-state index contributed by atoms with van der Waals surface area (Å²) in [5, 5.41) is 0.793. The topological polar surface area (TPSA) is 13.1 Å². The minimum Gasteiger partial charge on any atom is -0.466 e. The molecule has 0 aliphatic heterocycles. The Morgan fingerprint density at radius 3 is 2.57 bits per heavy atom. The average Bonchev–Trinajstić information content (AvgIpc) is 2.56. The first-order chi connectivity index (χ1) is 6.75. The molecule has 2 aromatic rings. The first-order valence-electron chi connectivity index (χ1n) is 4.54. The van der Waals surface area contributed by atoms with Crippen LogP contribution < -0.4 is 0 Å². The van der Waals surface area contributed by atoms with Crippen molar-refractivity contribution in [2.75, 3.05) is 0 Å². The Morgan fingerprint density at radius 1 is 1.14 bits per heavy atom. The summed E-state index contributed by atoms with van der Waals surface area (Å²) in [6, 6.07) is 11.8. The summed E-state index contributed by atoms with van der Waals surface area (Å²) in [4.78, 5) is 0. The lowest BCUT2D eigenvalue weighted by Crippen LogP contribution is -1.86. The standard InChI is InChI=1S/C12H11ClO/c1-9-6-7-11(14-9)8-10-4-2-3-5-12(10)13/h2-7H,8H2,1H3. The van der Waals surface area contributed by atoms with E-state index in [-0.39, 0.29) is 0 Å². The number of halogens is 1. The van der Waals surface area contributed by atoms with E-state index in [1.54, 1.807) is 0 Å². The van der Waals surface area contributed by atoms with Gasteiger partial charge in [-0.25, -0.2) is 0 Å². The third-order valence-electron chi connectivity index (χ3n) is 2.12. The molecule has 0 unspecified atom stereocenters. The summed E-state index contributed by atoms with van der Waals surface area (Å²) < 4.78 is 5.48. The summed E-state index contributed by atoms with van der Waals surface area (Å²) in [6.07, 6.45) is 0.757. The zero-order chi connectivity index (χ0) is 9.97. The van der Waals surface area contributed by atoms with E-state index in [1.165, 1.54) is 0 Å². The SMILES string of the molecule is Cc1ccc(Cc2ccccc2Cl)o1. The number of aryl methyl sites for hydroxylation is 1. The summed E-state index contributed by atoms with van der Waals surface area (Å²) in [5.74, 6) is 1.89. The molecular weight excluding hydrogens is 196 g/mol. The van der Waals surface area contributed by atoms with Crippen molar-refractivity contribution in [1.82, 2.24) is 0 Å². The van der Waals surface area contributed by atoms with Crippen LogP contribution in [0.4, 0.5) is 0 Å². The van der Waals surface area contributed by atoms with Gasteiger partial charge >= 0.3 is 0 Å². The lowest BCUT2D eigenvalue weighted by molar-refractivity contribution is 0.493. The fraction of sp³-hybridized carbons (Fsp3) is 0.167. The molecule has 2 heteroatoms. The molecule has 0 atom stereocenters. The number of hydrogen-bond donors (Lipinski definition) is 0. The van der Waals surface area contributed by atoms with Crippen molar-refractivity contribution in [3.05, 3.63) is 58.5 Å². The van der Waals surface area contributed by atoms with Crippen LogP contribution in [0.5, 0.6) is 0 Å². The highest BCUT2D eigenvalue weighted by molar-refractivity contribution is 6.31. The highest BCUT2D eigenvalue weighted by Crippen LogP contribution is 2.19. The maximum atomic E-state index is 6.04. The van der Waals surface area contributed by atoms with Crippen LogP contribution in [0.2, 0.25) is 5.02 Å². The summed E-state index contributed by atoms with van der Waals surface area (Å²) in [7, 11) is 0. The summed E-state index contributed by atoms with van der Waals surface area (Å²) in [5.41, 5.74) is 1.10. The van der Waals surface area contributed by atoms with E-state index in [1.807, 2.05) is 43.3 Å². The van der Waals surface area contributed by atoms with Crippen LogP contribution >= 0.6 is 11.6 Å². The average molecular weight is 207 g/mol. The van der Waals surface area contributed by atoms with Crippen LogP contribution in [0.1, 0.15) is 17.1 Å². The molecule has 0 spiro atoms. The van der Waals surface area contributed by atoms with Gasteiger partial charge in [-0.3, -0.25) is 0 Å². The van der Waals surface area contributed by atoms with Gasteiger partial charge in [-0.1, -0.05) is 29.8 Å². The van der Waals surface area contributed by atoms with E-state index in [0.717, 1.165) is 28.5 Å². The van der Waals surface area contributed by atoms with Gasteiger partial charge in [0.25, 0.3) is 0 Å². The van der Waals surface area contributed by atoms with Crippen molar-refractivity contribution in [1.29, 1.82) is 0 Å². The van der Waals surface area contributed by atoms with Gasteiger partial charge in [-0.2, -0.15) is 0 Å². The molecule has 0 aliphatic rings. The first kappa shape index (κ1) is 9.35. The van der Waals surface area contributed by atoms with Crippen molar-refractivity contribution < 1.29 is 4.42 Å². The zero-order valence-electron chi connectivity index (χ0n) is 7.96. The van der Waals surface area contributed by atoms with E-state index in [0.29, 0.717) is 0 Å². The van der Waals surface area contributed by atoms with Gasteiger partial charge in [0, 0.05) is 11.4 Å². The fourth-order valence-electron chi connectivity index (χ4n) is 1.41. The van der Waals surface area contributed by atoms with Gasteiger partial charge < -0.3 is 4.42 Å². The first-order valence-corrected chi connectivity index (χ1v) is 4.92. The fourth-order valence-corrected chi connectivity index (χ4v) is 1.61. The molecule has 72 valence electrons. The predicted molar refractivity (Wildman–Crippen MR) is 57.7 cm³/mol. The van der Waals surface area contributed by atoms with E-state index in [2.05, 4.69) is 0 Å². The molecule has 1 aromatic heterocycles. The van der Waals surface area contributed by atoms with Gasteiger partial charge in [0.1, 0.15) is 11.5 Å². The maximum absolute atomic E-state index is 6.04. The quantitative estimate of drug-likeness (QED) is 0.728. The second kappa shape index (κ2) is 3.89. The number of rotatable bonds is 2. The Balaban J connectivity index is 2.23. The van der Waals surface area contributed by atoms with Crippen LogP contribution in [0.15, 0.2) is 40.8 Å². The van der Waals surface area contributed by atoms with Gasteiger partial charge in [0.2, 0.25) is 0 Å². The molecule has 0 radical (unpaired) electrons. The smallest absolute Gasteiger partial charge is 0.108 e. The van der Waals surface area contributed by atoms with Crippen LogP contribution in [-0.4, -0.2) is 0 Å². The van der Waals surface area contributed by atoms with Crippen molar-refractivity contribution >= 4 is 11.6 Å². The molecule has 1 nitrogen and oxygen atoms in total. The molecule has 0 fully saturated rings. The molecule has 0 saturated heterocycles. The Hall–Kier alpha value is -1.21. The van der Waals surface area contributed by atoms with Crippen molar-refractivity contribution in [3.8, 4) is 0 Å². The number of furan rings is 1. The van der Waals surface area contributed by atoms with Crippen molar-refractivity contribution in [3.63, 3.8) is 0 Å². The highest BCUT2D eigenvalue weighted by Gasteiger charge is 2.03. The second-order valence-corrected chi connectivity index (χ2v) is 3.69. The molecule has 2 rings (SSSR count). The third-order valence-corrected chi connectivity index (χ3v) is 2.49. The monoisotopic (exact) mass is 206 g/mol. The molecule has 0 bridgehead atoms. The van der Waals surface area contributed by atoms with E-state index >= 15 is 0 Å².